The Bertz CT molecular complexity index is 1310. The van der Waals surface area contributed by atoms with Crippen LogP contribution in [0.3, 0.4) is 0 Å². The number of hydrogen-bond acceptors (Lipinski definition) is 9. The van der Waals surface area contributed by atoms with Gasteiger partial charge >= 0.3 is 30.9 Å². The lowest BCUT2D eigenvalue weighted by Crippen LogP contribution is -2.60. The number of piperazine rings is 1. The highest BCUT2D eigenvalue weighted by Gasteiger charge is 2.41. The molecule has 198 valence electrons. The Balaban J connectivity index is 1.55. The van der Waals surface area contributed by atoms with Gasteiger partial charge in [0.05, 0.1) is 17.7 Å². The second kappa shape index (κ2) is 10.8. The lowest BCUT2D eigenvalue weighted by atomic mass is 9.72. The van der Waals surface area contributed by atoms with Crippen LogP contribution in [0.4, 0.5) is 4.79 Å². The van der Waals surface area contributed by atoms with Gasteiger partial charge in [-0.1, -0.05) is 12.1 Å². The number of urea groups is 1. The number of imide groups is 1. The average molecular weight is 525 g/mol. The number of benzene rings is 1. The van der Waals surface area contributed by atoms with E-state index < -0.39 is 48.8 Å². The number of nitrogens with zero attached hydrogens (tertiary/aromatic N) is 3. The Morgan fingerprint density at radius 3 is 2.66 bits per heavy atom. The largest absolute Gasteiger partial charge is 0.547 e. The summed E-state index contributed by atoms with van der Waals surface area (Å²) in [5.41, 5.74) is 0.337. The summed E-state index contributed by atoms with van der Waals surface area (Å²) in [4.78, 5) is 68.3. The SMILES string of the molecule is CCN1CCN(C(=O)NC(C(=O)N[C@H]2Cc3cccc(C(=O)O)c3OB2O)c2cncc(O)c2)C(=O)C1=O. The number of carboxylic acid groups (broad SMARTS) is 1. The van der Waals surface area contributed by atoms with Gasteiger partial charge in [0.25, 0.3) is 0 Å². The van der Waals surface area contributed by atoms with Crippen molar-refractivity contribution in [3.63, 3.8) is 0 Å². The molecule has 2 aliphatic heterocycles. The van der Waals surface area contributed by atoms with Crippen LogP contribution >= 0.6 is 0 Å². The Hall–Kier alpha value is -4.66. The minimum Gasteiger partial charge on any atom is -0.534 e. The molecule has 1 aromatic carbocycles. The van der Waals surface area contributed by atoms with Gasteiger partial charge in [0.2, 0.25) is 5.91 Å². The second-order valence-corrected chi connectivity index (χ2v) is 8.63. The zero-order valence-electron chi connectivity index (χ0n) is 20.2. The molecule has 4 rings (SSSR count). The molecule has 14 nitrogen and oxygen atoms in total. The van der Waals surface area contributed by atoms with Crippen molar-refractivity contribution in [3.8, 4) is 11.5 Å². The number of para-hydroxylation sites is 1. The number of hydrogen-bond donors (Lipinski definition) is 5. The van der Waals surface area contributed by atoms with Crippen LogP contribution in [0.1, 0.15) is 34.5 Å². The van der Waals surface area contributed by atoms with Crippen molar-refractivity contribution < 1.29 is 43.9 Å². The fourth-order valence-electron chi connectivity index (χ4n) is 4.26. The number of rotatable bonds is 6. The lowest BCUT2D eigenvalue weighted by Gasteiger charge is -2.33. The van der Waals surface area contributed by atoms with E-state index in [0.29, 0.717) is 17.0 Å². The number of carboxylic acids is 1. The van der Waals surface area contributed by atoms with Gasteiger partial charge in [0, 0.05) is 31.4 Å². The first kappa shape index (κ1) is 26.4. The standard InChI is InChI=1S/C23H24BN5O9/c1-2-28-6-7-29(21(33)20(28)32)23(36)27-17(13-8-14(30)11-25-10-13)19(31)26-16-9-12-4-3-5-15(22(34)35)18(12)38-24(16)37/h3-5,8,10-11,16-17,30,37H,2,6-7,9H2,1H3,(H,26,31)(H,27,36)(H,34,35)/t16-,17?/m0/s1. The number of likely N-dealkylation sites (N-methyl/N-ethyl adjacent to an activating group) is 1. The molecule has 2 atom stereocenters. The van der Waals surface area contributed by atoms with E-state index in [-0.39, 0.29) is 42.1 Å². The molecule has 15 heteroatoms. The predicted molar refractivity (Wildman–Crippen MR) is 129 cm³/mol. The van der Waals surface area contributed by atoms with Crippen molar-refractivity contribution in [2.24, 2.45) is 0 Å². The van der Waals surface area contributed by atoms with Crippen LogP contribution in [-0.4, -0.2) is 92.4 Å². The van der Waals surface area contributed by atoms with Gasteiger partial charge in [-0.05, 0) is 31.0 Å². The summed E-state index contributed by atoms with van der Waals surface area (Å²) in [6.45, 7) is 2.03. The number of amides is 5. The van der Waals surface area contributed by atoms with Crippen LogP contribution in [0.15, 0.2) is 36.7 Å². The summed E-state index contributed by atoms with van der Waals surface area (Å²) in [6.07, 6.45) is 2.34. The summed E-state index contributed by atoms with van der Waals surface area (Å²) in [7, 11) is -1.62. The molecule has 1 unspecified atom stereocenters. The second-order valence-electron chi connectivity index (χ2n) is 8.63. The lowest BCUT2D eigenvalue weighted by molar-refractivity contribution is -0.153. The van der Waals surface area contributed by atoms with Gasteiger partial charge in [-0.3, -0.25) is 24.3 Å². The third-order valence-electron chi connectivity index (χ3n) is 6.22. The summed E-state index contributed by atoms with van der Waals surface area (Å²) in [5.74, 6) is -5.35. The molecular weight excluding hydrogens is 501 g/mol. The molecule has 0 radical (unpaired) electrons. The van der Waals surface area contributed by atoms with Crippen LogP contribution in [0.2, 0.25) is 0 Å². The van der Waals surface area contributed by atoms with Crippen LogP contribution in [0.5, 0.6) is 11.5 Å². The smallest absolute Gasteiger partial charge is 0.534 e. The maximum absolute atomic E-state index is 13.3. The molecular formula is C23H24BN5O9. The van der Waals surface area contributed by atoms with E-state index in [1.54, 1.807) is 13.0 Å². The molecule has 0 saturated carbocycles. The molecule has 5 N–H and O–H groups in total. The number of aromatic carboxylic acids is 1. The number of nitrogens with one attached hydrogen (secondary N) is 2. The highest BCUT2D eigenvalue weighted by molar-refractivity contribution is 6.47. The number of pyridine rings is 1. The summed E-state index contributed by atoms with van der Waals surface area (Å²) in [6, 6.07) is 3.08. The van der Waals surface area contributed by atoms with Crippen molar-refractivity contribution in [1.29, 1.82) is 0 Å². The minimum absolute atomic E-state index is 0.00822. The zero-order chi connectivity index (χ0) is 27.6. The minimum atomic E-state index is -1.62. The summed E-state index contributed by atoms with van der Waals surface area (Å²) >= 11 is 0. The Morgan fingerprint density at radius 2 is 1.97 bits per heavy atom. The Morgan fingerprint density at radius 1 is 1.21 bits per heavy atom. The third-order valence-corrected chi connectivity index (χ3v) is 6.22. The molecule has 2 aliphatic rings. The quantitative estimate of drug-likeness (QED) is 0.232. The van der Waals surface area contributed by atoms with E-state index >= 15 is 0 Å². The van der Waals surface area contributed by atoms with E-state index in [9.17, 15) is 39.2 Å². The molecule has 1 fully saturated rings. The first-order valence-electron chi connectivity index (χ1n) is 11.7. The van der Waals surface area contributed by atoms with Gasteiger partial charge in [-0.25, -0.2) is 9.59 Å². The molecule has 5 amide bonds. The van der Waals surface area contributed by atoms with E-state index in [2.05, 4.69) is 15.6 Å². The van der Waals surface area contributed by atoms with E-state index in [1.807, 2.05) is 0 Å². The van der Waals surface area contributed by atoms with Crippen LogP contribution in [0.25, 0.3) is 0 Å². The van der Waals surface area contributed by atoms with Crippen LogP contribution < -0.4 is 15.3 Å². The van der Waals surface area contributed by atoms with Crippen molar-refractivity contribution >= 4 is 36.8 Å². The molecule has 3 heterocycles. The average Bonchev–Trinajstić information content (AvgIpc) is 2.88. The number of aromatic nitrogens is 1. The Labute approximate surface area is 216 Å². The molecule has 1 saturated heterocycles. The third kappa shape index (κ3) is 5.22. The zero-order valence-corrected chi connectivity index (χ0v) is 20.2. The molecule has 1 aromatic heterocycles. The van der Waals surface area contributed by atoms with E-state index in [4.69, 9.17) is 4.65 Å². The molecule has 38 heavy (non-hydrogen) atoms. The van der Waals surface area contributed by atoms with Crippen LogP contribution in [-0.2, 0) is 20.8 Å². The summed E-state index contributed by atoms with van der Waals surface area (Å²) in [5, 5.41) is 34.7. The highest BCUT2D eigenvalue weighted by Crippen LogP contribution is 2.30. The van der Waals surface area contributed by atoms with Crippen molar-refractivity contribution in [2.75, 3.05) is 19.6 Å². The fourth-order valence-corrected chi connectivity index (χ4v) is 4.26. The maximum Gasteiger partial charge on any atom is 0.547 e. The number of aromatic hydroxyl groups is 1. The van der Waals surface area contributed by atoms with Gasteiger partial charge in [0.15, 0.2) is 0 Å². The highest BCUT2D eigenvalue weighted by atomic mass is 16.5. The van der Waals surface area contributed by atoms with Gasteiger partial charge < -0.3 is 35.4 Å². The van der Waals surface area contributed by atoms with E-state index in [1.165, 1.54) is 29.3 Å². The van der Waals surface area contributed by atoms with E-state index in [0.717, 1.165) is 6.20 Å². The summed E-state index contributed by atoms with van der Waals surface area (Å²) < 4.78 is 5.39. The van der Waals surface area contributed by atoms with Crippen molar-refractivity contribution in [3.05, 3.63) is 53.3 Å². The molecule has 0 spiro atoms. The van der Waals surface area contributed by atoms with Crippen molar-refractivity contribution in [2.45, 2.75) is 25.3 Å². The molecule has 0 aliphatic carbocycles. The van der Waals surface area contributed by atoms with Gasteiger partial charge in [-0.2, -0.15) is 0 Å². The Kier molecular flexibility index (Phi) is 7.48. The number of carbonyl (C=O) groups is 5. The first-order valence-corrected chi connectivity index (χ1v) is 11.7. The first-order chi connectivity index (χ1) is 18.1. The fraction of sp³-hybridized carbons (Fsp3) is 0.304. The van der Waals surface area contributed by atoms with Gasteiger partial charge in [-0.15, -0.1) is 0 Å². The van der Waals surface area contributed by atoms with Crippen molar-refractivity contribution in [1.82, 2.24) is 25.4 Å². The van der Waals surface area contributed by atoms with Crippen LogP contribution in [0, 0.1) is 0 Å². The number of fused-ring (bicyclic) bond motifs is 1. The predicted octanol–water partition coefficient (Wildman–Crippen LogP) is -0.934. The normalized spacial score (nSPS) is 17.8. The van der Waals surface area contributed by atoms with Gasteiger partial charge in [0.1, 0.15) is 17.5 Å². The number of carbonyl (C=O) groups excluding carboxylic acids is 4. The molecule has 0 bridgehead atoms. The maximum atomic E-state index is 13.3. The molecule has 2 aromatic rings. The monoisotopic (exact) mass is 525 g/mol. The topological polar surface area (TPSA) is 199 Å².